The van der Waals surface area contributed by atoms with E-state index in [-0.39, 0.29) is 11.9 Å². The summed E-state index contributed by atoms with van der Waals surface area (Å²) in [5.41, 5.74) is 4.54. The summed E-state index contributed by atoms with van der Waals surface area (Å²) < 4.78 is 0. The molecule has 0 radical (unpaired) electrons. The Morgan fingerprint density at radius 2 is 1.90 bits per heavy atom. The number of pyridine rings is 1. The van der Waals surface area contributed by atoms with Gasteiger partial charge in [-0.1, -0.05) is 6.07 Å². The molecule has 0 spiro atoms. The molecule has 1 unspecified atom stereocenters. The second kappa shape index (κ2) is 5.45. The maximum atomic E-state index is 12.3. The molecule has 1 aliphatic carbocycles. The number of amides is 1. The SMILES string of the molecule is CC(NC(=O)c1ccc2c(c1)CCC2)c1ccncc1. The molecule has 1 atom stereocenters. The van der Waals surface area contributed by atoms with Crippen LogP contribution in [-0.2, 0) is 12.8 Å². The van der Waals surface area contributed by atoms with Crippen LogP contribution in [0.5, 0.6) is 0 Å². The molecule has 102 valence electrons. The van der Waals surface area contributed by atoms with E-state index >= 15 is 0 Å². The zero-order chi connectivity index (χ0) is 13.9. The second-order valence-electron chi connectivity index (χ2n) is 5.31. The van der Waals surface area contributed by atoms with E-state index in [9.17, 15) is 4.79 Å². The highest BCUT2D eigenvalue weighted by Crippen LogP contribution is 2.23. The van der Waals surface area contributed by atoms with Crippen LogP contribution in [0.2, 0.25) is 0 Å². The Balaban J connectivity index is 1.73. The van der Waals surface area contributed by atoms with Crippen LogP contribution >= 0.6 is 0 Å². The third kappa shape index (κ3) is 2.57. The zero-order valence-corrected chi connectivity index (χ0v) is 11.6. The van der Waals surface area contributed by atoms with Crippen molar-refractivity contribution in [3.05, 3.63) is 65.0 Å². The number of fused-ring (bicyclic) bond motifs is 1. The van der Waals surface area contributed by atoms with Crippen molar-refractivity contribution in [2.75, 3.05) is 0 Å². The van der Waals surface area contributed by atoms with E-state index in [4.69, 9.17) is 0 Å². The number of nitrogens with zero attached hydrogens (tertiary/aromatic N) is 1. The van der Waals surface area contributed by atoms with Crippen molar-refractivity contribution in [3.8, 4) is 0 Å². The predicted octanol–water partition coefficient (Wildman–Crippen LogP) is 3.06. The van der Waals surface area contributed by atoms with Crippen LogP contribution in [0, 0.1) is 0 Å². The maximum Gasteiger partial charge on any atom is 0.251 e. The van der Waals surface area contributed by atoms with Gasteiger partial charge in [0.1, 0.15) is 0 Å². The smallest absolute Gasteiger partial charge is 0.251 e. The topological polar surface area (TPSA) is 42.0 Å². The summed E-state index contributed by atoms with van der Waals surface area (Å²) in [4.78, 5) is 16.3. The molecule has 1 aromatic heterocycles. The van der Waals surface area contributed by atoms with E-state index in [1.165, 1.54) is 17.5 Å². The summed E-state index contributed by atoms with van der Waals surface area (Å²) in [5.74, 6) is -0.0102. The summed E-state index contributed by atoms with van der Waals surface area (Å²) >= 11 is 0. The van der Waals surface area contributed by atoms with E-state index in [0.717, 1.165) is 24.0 Å². The quantitative estimate of drug-likeness (QED) is 0.927. The number of benzene rings is 1. The van der Waals surface area contributed by atoms with Crippen molar-refractivity contribution in [3.63, 3.8) is 0 Å². The van der Waals surface area contributed by atoms with Gasteiger partial charge in [0.05, 0.1) is 6.04 Å². The molecule has 0 bridgehead atoms. The molecule has 0 aliphatic heterocycles. The third-order valence-corrected chi connectivity index (χ3v) is 3.91. The highest BCUT2D eigenvalue weighted by Gasteiger charge is 2.15. The fourth-order valence-corrected chi connectivity index (χ4v) is 2.73. The lowest BCUT2D eigenvalue weighted by Gasteiger charge is -2.14. The van der Waals surface area contributed by atoms with Crippen LogP contribution in [0.3, 0.4) is 0 Å². The van der Waals surface area contributed by atoms with Crippen molar-refractivity contribution >= 4 is 5.91 Å². The second-order valence-corrected chi connectivity index (χ2v) is 5.31. The van der Waals surface area contributed by atoms with Crippen molar-refractivity contribution in [2.45, 2.75) is 32.2 Å². The lowest BCUT2D eigenvalue weighted by Crippen LogP contribution is -2.26. The molecule has 0 saturated heterocycles. The lowest BCUT2D eigenvalue weighted by molar-refractivity contribution is 0.0940. The van der Waals surface area contributed by atoms with Gasteiger partial charge in [-0.25, -0.2) is 0 Å². The number of rotatable bonds is 3. The number of aryl methyl sites for hydroxylation is 2. The van der Waals surface area contributed by atoms with E-state index in [1.807, 2.05) is 31.2 Å². The Labute approximate surface area is 119 Å². The first-order valence-corrected chi connectivity index (χ1v) is 7.06. The van der Waals surface area contributed by atoms with Gasteiger partial charge in [0.25, 0.3) is 5.91 Å². The fourth-order valence-electron chi connectivity index (χ4n) is 2.73. The molecule has 20 heavy (non-hydrogen) atoms. The van der Waals surface area contributed by atoms with Crippen LogP contribution in [0.15, 0.2) is 42.7 Å². The van der Waals surface area contributed by atoms with Gasteiger partial charge in [-0.15, -0.1) is 0 Å². The maximum absolute atomic E-state index is 12.3. The summed E-state index contributed by atoms with van der Waals surface area (Å²) in [6.45, 7) is 1.99. The molecule has 1 heterocycles. The highest BCUT2D eigenvalue weighted by atomic mass is 16.1. The molecule has 0 saturated carbocycles. The molecule has 1 amide bonds. The van der Waals surface area contributed by atoms with Crippen LogP contribution < -0.4 is 5.32 Å². The fraction of sp³-hybridized carbons (Fsp3) is 0.294. The number of carbonyl (C=O) groups is 1. The van der Waals surface area contributed by atoms with Gasteiger partial charge in [0.15, 0.2) is 0 Å². The first-order chi connectivity index (χ1) is 9.74. The molecule has 3 heteroatoms. The number of carbonyl (C=O) groups excluding carboxylic acids is 1. The number of hydrogen-bond acceptors (Lipinski definition) is 2. The van der Waals surface area contributed by atoms with E-state index in [2.05, 4.69) is 16.4 Å². The Hall–Kier alpha value is -2.16. The molecule has 0 fully saturated rings. The largest absolute Gasteiger partial charge is 0.346 e. The third-order valence-electron chi connectivity index (χ3n) is 3.91. The molecule has 3 rings (SSSR count). The minimum absolute atomic E-state index is 0.0102. The van der Waals surface area contributed by atoms with Gasteiger partial charge in [0, 0.05) is 18.0 Å². The molecule has 1 aliphatic rings. The number of nitrogens with one attached hydrogen (secondary N) is 1. The number of aromatic nitrogens is 1. The minimum atomic E-state index is -0.0150. The standard InChI is InChI=1S/C17H18N2O/c1-12(13-7-9-18-10-8-13)19-17(20)16-6-5-14-3-2-4-15(14)11-16/h5-12H,2-4H2,1H3,(H,19,20). The van der Waals surface area contributed by atoms with E-state index < -0.39 is 0 Å². The molecular weight excluding hydrogens is 248 g/mol. The van der Waals surface area contributed by atoms with Gasteiger partial charge in [-0.3, -0.25) is 9.78 Å². The Bertz CT molecular complexity index is 622. The van der Waals surface area contributed by atoms with Crippen LogP contribution in [-0.4, -0.2) is 10.9 Å². The zero-order valence-electron chi connectivity index (χ0n) is 11.6. The average Bonchev–Trinajstić information content (AvgIpc) is 2.95. The molecule has 1 aromatic carbocycles. The molecule has 1 N–H and O–H groups in total. The normalized spacial score (nSPS) is 14.7. The summed E-state index contributed by atoms with van der Waals surface area (Å²) in [6.07, 6.45) is 6.93. The van der Waals surface area contributed by atoms with Gasteiger partial charge in [0.2, 0.25) is 0 Å². The van der Waals surface area contributed by atoms with Gasteiger partial charge < -0.3 is 5.32 Å². The summed E-state index contributed by atoms with van der Waals surface area (Å²) in [7, 11) is 0. The Morgan fingerprint density at radius 1 is 1.15 bits per heavy atom. The first-order valence-electron chi connectivity index (χ1n) is 7.06. The Morgan fingerprint density at radius 3 is 2.70 bits per heavy atom. The minimum Gasteiger partial charge on any atom is -0.346 e. The van der Waals surface area contributed by atoms with E-state index in [0.29, 0.717) is 0 Å². The number of hydrogen-bond donors (Lipinski definition) is 1. The van der Waals surface area contributed by atoms with Gasteiger partial charge in [-0.05, 0) is 67.1 Å². The average molecular weight is 266 g/mol. The first kappa shape index (κ1) is 12.9. The van der Waals surface area contributed by atoms with Crippen molar-refractivity contribution in [1.29, 1.82) is 0 Å². The van der Waals surface area contributed by atoms with Crippen LogP contribution in [0.4, 0.5) is 0 Å². The lowest BCUT2D eigenvalue weighted by atomic mass is 10.0. The highest BCUT2D eigenvalue weighted by molar-refractivity contribution is 5.94. The van der Waals surface area contributed by atoms with Crippen molar-refractivity contribution < 1.29 is 4.79 Å². The molecule has 3 nitrogen and oxygen atoms in total. The van der Waals surface area contributed by atoms with Crippen molar-refractivity contribution in [2.24, 2.45) is 0 Å². The van der Waals surface area contributed by atoms with Gasteiger partial charge >= 0.3 is 0 Å². The molecular formula is C17H18N2O. The van der Waals surface area contributed by atoms with Crippen molar-refractivity contribution in [1.82, 2.24) is 10.3 Å². The summed E-state index contributed by atoms with van der Waals surface area (Å²) in [5, 5.41) is 3.04. The molecule has 2 aromatic rings. The predicted molar refractivity (Wildman–Crippen MR) is 78.6 cm³/mol. The monoisotopic (exact) mass is 266 g/mol. The van der Waals surface area contributed by atoms with Gasteiger partial charge in [-0.2, -0.15) is 0 Å². The summed E-state index contributed by atoms with van der Waals surface area (Å²) in [6, 6.07) is 9.89. The Kier molecular flexibility index (Phi) is 3.50. The van der Waals surface area contributed by atoms with E-state index in [1.54, 1.807) is 12.4 Å². The van der Waals surface area contributed by atoms with Crippen LogP contribution in [0.1, 0.15) is 46.4 Å². The van der Waals surface area contributed by atoms with Crippen LogP contribution in [0.25, 0.3) is 0 Å².